The van der Waals surface area contributed by atoms with E-state index in [-0.39, 0.29) is 5.75 Å². The second-order valence-electron chi connectivity index (χ2n) is 7.97. The molecule has 0 aliphatic carbocycles. The van der Waals surface area contributed by atoms with Crippen LogP contribution in [0, 0.1) is 0 Å². The summed E-state index contributed by atoms with van der Waals surface area (Å²) < 4.78 is 21.5. The fraction of sp³-hybridized carbons (Fsp3) is 0.320. The van der Waals surface area contributed by atoms with Crippen molar-refractivity contribution in [3.05, 3.63) is 59.6 Å². The summed E-state index contributed by atoms with van der Waals surface area (Å²) in [6.07, 6.45) is 0.788. The van der Waals surface area contributed by atoms with Crippen LogP contribution in [-0.4, -0.2) is 59.7 Å². The zero-order valence-corrected chi connectivity index (χ0v) is 20.9. The third-order valence-corrected chi connectivity index (χ3v) is 6.19. The Bertz CT molecular complexity index is 1240. The van der Waals surface area contributed by atoms with E-state index in [9.17, 15) is 5.11 Å². The standard InChI is InChI=1S/C25H28N4O5S/c1-15-21(24-27-23(28-34-24)17-7-5-8-18(13-17)32-3)22(16-9-10-20(33-4)19(30)14-16)26-25(35)29(15)11-6-12-31-2/h5,7-10,13-14,22,30H,6,11-12H2,1-4H3,(H,26,35). The monoisotopic (exact) mass is 496 g/mol. The van der Waals surface area contributed by atoms with E-state index in [1.165, 1.54) is 7.11 Å². The highest BCUT2D eigenvalue weighted by Gasteiger charge is 2.34. The molecule has 0 amide bonds. The first kappa shape index (κ1) is 24.5. The lowest BCUT2D eigenvalue weighted by Crippen LogP contribution is -2.46. The number of aromatic nitrogens is 2. The molecule has 2 aromatic carbocycles. The number of phenols is 1. The molecule has 0 fully saturated rings. The third kappa shape index (κ3) is 5.08. The van der Waals surface area contributed by atoms with Crippen molar-refractivity contribution in [2.45, 2.75) is 19.4 Å². The lowest BCUT2D eigenvalue weighted by molar-refractivity contribution is 0.188. The number of ether oxygens (including phenoxy) is 3. The molecule has 2 heterocycles. The van der Waals surface area contributed by atoms with E-state index < -0.39 is 6.04 Å². The molecule has 1 aliphatic heterocycles. The zero-order valence-electron chi connectivity index (χ0n) is 20.1. The summed E-state index contributed by atoms with van der Waals surface area (Å²) in [4.78, 5) is 6.70. The first-order valence-electron chi connectivity index (χ1n) is 11.1. The van der Waals surface area contributed by atoms with Gasteiger partial charge in [-0.05, 0) is 55.4 Å². The Balaban J connectivity index is 1.78. The number of rotatable bonds is 9. The van der Waals surface area contributed by atoms with Gasteiger partial charge < -0.3 is 34.1 Å². The van der Waals surface area contributed by atoms with Gasteiger partial charge >= 0.3 is 0 Å². The van der Waals surface area contributed by atoms with E-state index in [1.54, 1.807) is 26.4 Å². The molecule has 2 N–H and O–H groups in total. The normalized spacial score (nSPS) is 15.8. The fourth-order valence-electron chi connectivity index (χ4n) is 4.04. The maximum absolute atomic E-state index is 10.4. The van der Waals surface area contributed by atoms with Crippen LogP contribution in [0.3, 0.4) is 0 Å². The van der Waals surface area contributed by atoms with Gasteiger partial charge in [-0.3, -0.25) is 0 Å². The van der Waals surface area contributed by atoms with Gasteiger partial charge in [0.1, 0.15) is 5.75 Å². The van der Waals surface area contributed by atoms with Crippen LogP contribution in [0.2, 0.25) is 0 Å². The summed E-state index contributed by atoms with van der Waals surface area (Å²) in [5, 5.41) is 18.6. The second-order valence-corrected chi connectivity index (χ2v) is 8.35. The first-order valence-corrected chi connectivity index (χ1v) is 11.5. The quantitative estimate of drug-likeness (QED) is 0.332. The van der Waals surface area contributed by atoms with Crippen LogP contribution >= 0.6 is 12.2 Å². The third-order valence-electron chi connectivity index (χ3n) is 5.85. The lowest BCUT2D eigenvalue weighted by atomic mass is 9.94. The molecule has 0 radical (unpaired) electrons. The predicted molar refractivity (Wildman–Crippen MR) is 135 cm³/mol. The van der Waals surface area contributed by atoms with Crippen LogP contribution < -0.4 is 14.8 Å². The minimum atomic E-state index is -0.420. The number of nitrogens with zero attached hydrogens (tertiary/aromatic N) is 3. The van der Waals surface area contributed by atoms with Gasteiger partial charge in [-0.25, -0.2) is 0 Å². The Kier molecular flexibility index (Phi) is 7.52. The summed E-state index contributed by atoms with van der Waals surface area (Å²) in [5.74, 6) is 1.90. The molecule has 0 saturated carbocycles. The summed E-state index contributed by atoms with van der Waals surface area (Å²) in [7, 11) is 4.79. The minimum absolute atomic E-state index is 0.0276. The van der Waals surface area contributed by atoms with Crippen LogP contribution in [0.15, 0.2) is 52.7 Å². The number of hydrogen-bond donors (Lipinski definition) is 2. The maximum atomic E-state index is 10.4. The molecule has 0 spiro atoms. The number of methoxy groups -OCH3 is 3. The molecule has 1 atom stereocenters. The van der Waals surface area contributed by atoms with E-state index in [0.29, 0.717) is 41.5 Å². The van der Waals surface area contributed by atoms with Gasteiger partial charge in [0.2, 0.25) is 5.82 Å². The largest absolute Gasteiger partial charge is 0.504 e. The first-order chi connectivity index (χ1) is 17.0. The molecule has 1 aliphatic rings. The fourth-order valence-corrected chi connectivity index (χ4v) is 4.39. The molecular formula is C25H28N4O5S. The van der Waals surface area contributed by atoms with Crippen LogP contribution in [0.5, 0.6) is 17.2 Å². The van der Waals surface area contributed by atoms with Crippen molar-refractivity contribution in [1.29, 1.82) is 0 Å². The summed E-state index contributed by atoms with van der Waals surface area (Å²) in [5.41, 5.74) is 3.19. The number of hydrogen-bond acceptors (Lipinski definition) is 8. The Labute approximate surface area is 209 Å². The van der Waals surface area contributed by atoms with Crippen molar-refractivity contribution in [2.24, 2.45) is 0 Å². The smallest absolute Gasteiger partial charge is 0.258 e. The number of allylic oxidation sites excluding steroid dienone is 1. The Morgan fingerprint density at radius 2 is 1.97 bits per heavy atom. The van der Waals surface area contributed by atoms with Gasteiger partial charge in [-0.2, -0.15) is 4.98 Å². The van der Waals surface area contributed by atoms with E-state index >= 15 is 0 Å². The molecule has 3 aromatic rings. The molecule has 10 heteroatoms. The van der Waals surface area contributed by atoms with Gasteiger partial charge in [-0.15, -0.1) is 0 Å². The highest BCUT2D eigenvalue weighted by Crippen LogP contribution is 2.40. The van der Waals surface area contributed by atoms with Gasteiger partial charge in [0.05, 0.1) is 25.8 Å². The molecule has 4 rings (SSSR count). The van der Waals surface area contributed by atoms with Gasteiger partial charge in [-0.1, -0.05) is 23.4 Å². The second kappa shape index (κ2) is 10.7. The summed E-state index contributed by atoms with van der Waals surface area (Å²) in [6, 6.07) is 12.3. The van der Waals surface area contributed by atoms with Crippen LogP contribution in [-0.2, 0) is 4.74 Å². The molecule has 0 saturated heterocycles. The predicted octanol–water partition coefficient (Wildman–Crippen LogP) is 4.16. The number of benzene rings is 2. The lowest BCUT2D eigenvalue weighted by Gasteiger charge is -2.37. The molecule has 0 bridgehead atoms. The van der Waals surface area contributed by atoms with Gasteiger partial charge in [0.25, 0.3) is 5.89 Å². The highest BCUT2D eigenvalue weighted by atomic mass is 32.1. The van der Waals surface area contributed by atoms with Crippen molar-refractivity contribution in [3.8, 4) is 28.6 Å². The Morgan fingerprint density at radius 1 is 1.14 bits per heavy atom. The average molecular weight is 497 g/mol. The van der Waals surface area contributed by atoms with E-state index in [4.69, 9.17) is 35.9 Å². The topological polar surface area (TPSA) is 102 Å². The molecular weight excluding hydrogens is 468 g/mol. The zero-order chi connectivity index (χ0) is 24.9. The van der Waals surface area contributed by atoms with Crippen LogP contribution in [0.1, 0.15) is 30.8 Å². The molecule has 35 heavy (non-hydrogen) atoms. The highest BCUT2D eigenvalue weighted by molar-refractivity contribution is 7.80. The summed E-state index contributed by atoms with van der Waals surface area (Å²) in [6.45, 7) is 3.24. The van der Waals surface area contributed by atoms with Crippen molar-refractivity contribution >= 4 is 22.9 Å². The number of nitrogens with one attached hydrogen (secondary N) is 1. The molecule has 9 nitrogen and oxygen atoms in total. The van der Waals surface area contributed by atoms with E-state index in [2.05, 4.69) is 10.5 Å². The van der Waals surface area contributed by atoms with Crippen molar-refractivity contribution < 1.29 is 23.8 Å². The maximum Gasteiger partial charge on any atom is 0.258 e. The van der Waals surface area contributed by atoms with Crippen molar-refractivity contribution in [1.82, 2.24) is 20.4 Å². The number of aromatic hydroxyl groups is 1. The van der Waals surface area contributed by atoms with Crippen LogP contribution in [0.25, 0.3) is 17.0 Å². The summed E-state index contributed by atoms with van der Waals surface area (Å²) >= 11 is 5.70. The van der Waals surface area contributed by atoms with Crippen molar-refractivity contribution in [3.63, 3.8) is 0 Å². The van der Waals surface area contributed by atoms with Crippen molar-refractivity contribution in [2.75, 3.05) is 34.5 Å². The minimum Gasteiger partial charge on any atom is -0.504 e. The average Bonchev–Trinajstić information content (AvgIpc) is 3.35. The SMILES string of the molecule is COCCCN1C(=S)NC(c2ccc(OC)c(O)c2)C(c2nc(-c3cccc(OC)c3)no2)=C1C. The Morgan fingerprint density at radius 3 is 2.69 bits per heavy atom. The van der Waals surface area contributed by atoms with E-state index in [1.807, 2.05) is 42.2 Å². The molecule has 184 valence electrons. The molecule has 1 aromatic heterocycles. The number of thiocarbonyl (C=S) groups is 1. The van der Waals surface area contributed by atoms with Gasteiger partial charge in [0, 0.05) is 31.5 Å². The van der Waals surface area contributed by atoms with Gasteiger partial charge in [0.15, 0.2) is 16.6 Å². The molecule has 1 unspecified atom stereocenters. The van der Waals surface area contributed by atoms with E-state index in [0.717, 1.165) is 28.8 Å². The number of phenolic OH excluding ortho intramolecular Hbond substituents is 1. The Hall–Kier alpha value is -3.63. The van der Waals surface area contributed by atoms with Crippen LogP contribution in [0.4, 0.5) is 0 Å².